The lowest BCUT2D eigenvalue weighted by Crippen LogP contribution is -2.33. The molecule has 2 N–H and O–H groups in total. The van der Waals surface area contributed by atoms with Gasteiger partial charge in [0.1, 0.15) is 5.82 Å². The van der Waals surface area contributed by atoms with Crippen molar-refractivity contribution in [3.63, 3.8) is 0 Å². The Labute approximate surface area is 95.2 Å². The smallest absolute Gasteiger partial charge is 0.146 e. The molecule has 0 amide bonds. The molecular formula is C13H17FN2. The number of benzene rings is 1. The van der Waals surface area contributed by atoms with Gasteiger partial charge < -0.3 is 10.6 Å². The van der Waals surface area contributed by atoms with E-state index in [1.54, 1.807) is 12.1 Å². The maximum atomic E-state index is 13.9. The van der Waals surface area contributed by atoms with E-state index in [2.05, 4.69) is 4.90 Å². The van der Waals surface area contributed by atoms with E-state index in [0.29, 0.717) is 12.6 Å². The molecule has 2 aliphatic rings. The molecule has 2 nitrogen and oxygen atoms in total. The van der Waals surface area contributed by atoms with Gasteiger partial charge in [0.2, 0.25) is 0 Å². The van der Waals surface area contributed by atoms with Crippen LogP contribution >= 0.6 is 0 Å². The minimum absolute atomic E-state index is 0.115. The number of halogens is 1. The zero-order valence-corrected chi connectivity index (χ0v) is 9.32. The Hall–Kier alpha value is -1.09. The van der Waals surface area contributed by atoms with E-state index in [9.17, 15) is 4.39 Å². The van der Waals surface area contributed by atoms with Crippen molar-refractivity contribution in [3.05, 3.63) is 29.6 Å². The van der Waals surface area contributed by atoms with Crippen LogP contribution in [-0.2, 0) is 6.54 Å². The summed E-state index contributed by atoms with van der Waals surface area (Å²) in [5.74, 6) is 0.658. The first-order valence-electron chi connectivity index (χ1n) is 6.03. The molecule has 2 atom stereocenters. The number of piperidine rings is 1. The van der Waals surface area contributed by atoms with Crippen molar-refractivity contribution in [2.45, 2.75) is 31.8 Å². The minimum Gasteiger partial charge on any atom is -0.366 e. The van der Waals surface area contributed by atoms with E-state index in [1.165, 1.54) is 19.3 Å². The number of anilines is 1. The fourth-order valence-corrected chi connectivity index (χ4v) is 3.24. The standard InChI is InChI=1S/C13H17FN2/c14-12-3-1-2-10(7-15)13(12)16-8-9-4-5-11(16)6-9/h1-3,9,11H,4-8,15H2. The highest BCUT2D eigenvalue weighted by Gasteiger charge is 2.39. The van der Waals surface area contributed by atoms with Crippen molar-refractivity contribution in [2.75, 3.05) is 11.4 Å². The molecule has 1 aromatic carbocycles. The minimum atomic E-state index is -0.115. The van der Waals surface area contributed by atoms with Crippen molar-refractivity contribution >= 4 is 5.69 Å². The molecule has 86 valence electrons. The second kappa shape index (κ2) is 3.74. The first-order chi connectivity index (χ1) is 7.79. The number of hydrogen-bond donors (Lipinski definition) is 1. The molecule has 1 saturated heterocycles. The zero-order valence-electron chi connectivity index (χ0n) is 9.32. The first-order valence-corrected chi connectivity index (χ1v) is 6.03. The molecule has 2 unspecified atom stereocenters. The maximum absolute atomic E-state index is 13.9. The quantitative estimate of drug-likeness (QED) is 0.828. The van der Waals surface area contributed by atoms with Crippen molar-refractivity contribution in [1.82, 2.24) is 0 Å². The van der Waals surface area contributed by atoms with Crippen LogP contribution in [-0.4, -0.2) is 12.6 Å². The summed E-state index contributed by atoms with van der Waals surface area (Å²) < 4.78 is 13.9. The molecule has 1 aliphatic carbocycles. The van der Waals surface area contributed by atoms with Crippen molar-refractivity contribution in [3.8, 4) is 0 Å². The number of hydrogen-bond acceptors (Lipinski definition) is 2. The summed E-state index contributed by atoms with van der Waals surface area (Å²) in [6.45, 7) is 1.43. The van der Waals surface area contributed by atoms with E-state index in [0.717, 1.165) is 23.7 Å². The Morgan fingerprint density at radius 3 is 2.88 bits per heavy atom. The lowest BCUT2D eigenvalue weighted by Gasteiger charge is -2.31. The molecule has 0 aromatic heterocycles. The lowest BCUT2D eigenvalue weighted by molar-refractivity contribution is 0.538. The normalized spacial score (nSPS) is 27.8. The molecule has 1 saturated carbocycles. The second-order valence-electron chi connectivity index (χ2n) is 4.94. The van der Waals surface area contributed by atoms with E-state index in [1.807, 2.05) is 6.07 Å². The largest absolute Gasteiger partial charge is 0.366 e. The third-order valence-electron chi connectivity index (χ3n) is 3.99. The monoisotopic (exact) mass is 220 g/mol. The van der Waals surface area contributed by atoms with Gasteiger partial charge in [-0.15, -0.1) is 0 Å². The van der Waals surface area contributed by atoms with Gasteiger partial charge in [0.15, 0.2) is 0 Å². The van der Waals surface area contributed by atoms with Crippen LogP contribution < -0.4 is 10.6 Å². The van der Waals surface area contributed by atoms with Gasteiger partial charge in [0, 0.05) is 19.1 Å². The van der Waals surface area contributed by atoms with E-state index in [4.69, 9.17) is 5.73 Å². The Balaban J connectivity index is 1.99. The van der Waals surface area contributed by atoms with E-state index in [-0.39, 0.29) is 5.82 Å². The molecule has 16 heavy (non-hydrogen) atoms. The third kappa shape index (κ3) is 1.42. The maximum Gasteiger partial charge on any atom is 0.146 e. The van der Waals surface area contributed by atoms with Crippen LogP contribution in [0.3, 0.4) is 0 Å². The highest BCUT2D eigenvalue weighted by molar-refractivity contribution is 5.57. The highest BCUT2D eigenvalue weighted by Crippen LogP contribution is 2.41. The lowest BCUT2D eigenvalue weighted by atomic mass is 10.1. The van der Waals surface area contributed by atoms with Gasteiger partial charge in [0.25, 0.3) is 0 Å². The second-order valence-corrected chi connectivity index (χ2v) is 4.94. The molecule has 0 spiro atoms. The van der Waals surface area contributed by atoms with Gasteiger partial charge in [-0.3, -0.25) is 0 Å². The summed E-state index contributed by atoms with van der Waals surface area (Å²) >= 11 is 0. The van der Waals surface area contributed by atoms with Crippen molar-refractivity contribution in [1.29, 1.82) is 0 Å². The molecule has 2 bridgehead atoms. The van der Waals surface area contributed by atoms with Crippen molar-refractivity contribution < 1.29 is 4.39 Å². The van der Waals surface area contributed by atoms with Crippen LogP contribution in [0.4, 0.5) is 10.1 Å². The number of nitrogens with two attached hydrogens (primary N) is 1. The molecule has 0 radical (unpaired) electrons. The predicted octanol–water partition coefficient (Wildman–Crippen LogP) is 2.27. The van der Waals surface area contributed by atoms with Crippen LogP contribution in [0.1, 0.15) is 24.8 Å². The van der Waals surface area contributed by atoms with Gasteiger partial charge in [-0.1, -0.05) is 12.1 Å². The number of fused-ring (bicyclic) bond motifs is 2. The van der Waals surface area contributed by atoms with Crippen LogP contribution in [0.25, 0.3) is 0 Å². The van der Waals surface area contributed by atoms with Crippen LogP contribution in [0.15, 0.2) is 18.2 Å². The average molecular weight is 220 g/mol. The predicted molar refractivity (Wildman–Crippen MR) is 62.8 cm³/mol. The summed E-state index contributed by atoms with van der Waals surface area (Å²) in [4.78, 5) is 2.24. The summed E-state index contributed by atoms with van der Waals surface area (Å²) in [7, 11) is 0. The fourth-order valence-electron chi connectivity index (χ4n) is 3.24. The Bertz CT molecular complexity index is 405. The highest BCUT2D eigenvalue weighted by atomic mass is 19.1. The molecule has 3 rings (SSSR count). The van der Waals surface area contributed by atoms with Crippen molar-refractivity contribution in [2.24, 2.45) is 11.7 Å². The molecular weight excluding hydrogens is 203 g/mol. The SMILES string of the molecule is NCc1cccc(F)c1N1CC2CCC1C2. The first kappa shape index (κ1) is 10.1. The number of para-hydroxylation sites is 1. The summed E-state index contributed by atoms with van der Waals surface area (Å²) in [6.07, 6.45) is 3.76. The van der Waals surface area contributed by atoms with Crippen LogP contribution in [0.5, 0.6) is 0 Å². The van der Waals surface area contributed by atoms with Gasteiger partial charge in [0.05, 0.1) is 5.69 Å². The molecule has 1 heterocycles. The van der Waals surface area contributed by atoms with Crippen LogP contribution in [0.2, 0.25) is 0 Å². The Morgan fingerprint density at radius 2 is 2.25 bits per heavy atom. The number of nitrogens with zero attached hydrogens (tertiary/aromatic N) is 1. The van der Waals surface area contributed by atoms with E-state index < -0.39 is 0 Å². The summed E-state index contributed by atoms with van der Waals surface area (Å²) in [6, 6.07) is 5.77. The zero-order chi connectivity index (χ0) is 11.1. The molecule has 1 aromatic rings. The third-order valence-corrected chi connectivity index (χ3v) is 3.99. The van der Waals surface area contributed by atoms with E-state index >= 15 is 0 Å². The van der Waals surface area contributed by atoms with Gasteiger partial charge >= 0.3 is 0 Å². The summed E-state index contributed by atoms with van der Waals surface area (Å²) in [5.41, 5.74) is 7.39. The molecule has 3 heteroatoms. The number of rotatable bonds is 2. The van der Waals surface area contributed by atoms with Gasteiger partial charge in [-0.05, 0) is 36.8 Å². The molecule has 2 fully saturated rings. The Morgan fingerprint density at radius 1 is 1.38 bits per heavy atom. The average Bonchev–Trinajstić information content (AvgIpc) is 2.90. The van der Waals surface area contributed by atoms with Gasteiger partial charge in [-0.25, -0.2) is 4.39 Å². The molecule has 1 aliphatic heterocycles. The Kier molecular flexibility index (Phi) is 2.36. The summed E-state index contributed by atoms with van der Waals surface area (Å²) in [5, 5.41) is 0. The topological polar surface area (TPSA) is 29.3 Å². The fraction of sp³-hybridized carbons (Fsp3) is 0.538. The van der Waals surface area contributed by atoms with Gasteiger partial charge in [-0.2, -0.15) is 0 Å². The van der Waals surface area contributed by atoms with Crippen LogP contribution in [0, 0.1) is 11.7 Å².